The molecule has 0 aliphatic heterocycles. The van der Waals surface area contributed by atoms with Gasteiger partial charge in [-0.2, -0.15) is 5.10 Å². The molecule has 5 nitrogen and oxygen atoms in total. The lowest BCUT2D eigenvalue weighted by Crippen LogP contribution is -2.33. The van der Waals surface area contributed by atoms with Crippen molar-refractivity contribution in [1.29, 1.82) is 0 Å². The monoisotopic (exact) mass is 295 g/mol. The van der Waals surface area contributed by atoms with Crippen LogP contribution in [-0.4, -0.2) is 33.9 Å². The molecule has 0 fully saturated rings. The zero-order chi connectivity index (χ0) is 15.4. The van der Waals surface area contributed by atoms with Gasteiger partial charge in [0.15, 0.2) is 0 Å². The first-order chi connectivity index (χ1) is 10.0. The van der Waals surface area contributed by atoms with E-state index in [0.717, 1.165) is 12.1 Å². The molecule has 2 aromatic rings. The molecule has 1 heterocycles. The summed E-state index contributed by atoms with van der Waals surface area (Å²) in [4.78, 5) is 12.1. The molecule has 1 amide bonds. The van der Waals surface area contributed by atoms with Crippen LogP contribution in [0.4, 0.5) is 8.78 Å². The van der Waals surface area contributed by atoms with Gasteiger partial charge in [-0.1, -0.05) is 6.07 Å². The Labute approximate surface area is 120 Å². The van der Waals surface area contributed by atoms with E-state index < -0.39 is 17.5 Å². The number of hydrogen-bond donors (Lipinski definition) is 3. The maximum Gasteiger partial charge on any atom is 0.255 e. The second-order valence-electron chi connectivity index (χ2n) is 4.64. The molecule has 7 heteroatoms. The van der Waals surface area contributed by atoms with Crippen LogP contribution in [-0.2, 0) is 0 Å². The first-order valence-electron chi connectivity index (χ1n) is 6.44. The van der Waals surface area contributed by atoms with Gasteiger partial charge in [-0.3, -0.25) is 9.89 Å². The number of nitrogens with zero attached hydrogens (tertiary/aromatic N) is 1. The van der Waals surface area contributed by atoms with E-state index in [-0.39, 0.29) is 29.5 Å². The number of aliphatic hydroxyl groups is 1. The number of aliphatic hydroxyl groups excluding tert-OH is 1. The standard InChI is InChI=1S/C14H15F2N3O2/c1-8(5-6-20)18-14(21)9-7-17-19-13(9)12-10(15)3-2-4-11(12)16/h2-4,7-8,20H,5-6H2,1H3,(H,17,19)(H,18,21). The molecular weight excluding hydrogens is 280 g/mol. The number of halogens is 2. The Kier molecular flexibility index (Phi) is 4.64. The van der Waals surface area contributed by atoms with E-state index in [1.54, 1.807) is 6.92 Å². The third kappa shape index (κ3) is 3.25. The van der Waals surface area contributed by atoms with Crippen molar-refractivity contribution < 1.29 is 18.7 Å². The van der Waals surface area contributed by atoms with Crippen LogP contribution in [0.3, 0.4) is 0 Å². The quantitative estimate of drug-likeness (QED) is 0.788. The fourth-order valence-electron chi connectivity index (χ4n) is 1.95. The van der Waals surface area contributed by atoms with E-state index in [4.69, 9.17) is 5.11 Å². The average Bonchev–Trinajstić information content (AvgIpc) is 2.88. The molecule has 0 aliphatic carbocycles. The van der Waals surface area contributed by atoms with Crippen molar-refractivity contribution in [3.8, 4) is 11.3 Å². The smallest absolute Gasteiger partial charge is 0.255 e. The molecule has 1 aromatic heterocycles. The lowest BCUT2D eigenvalue weighted by Gasteiger charge is -2.12. The molecule has 1 unspecified atom stereocenters. The molecule has 1 aromatic carbocycles. The highest BCUT2D eigenvalue weighted by Crippen LogP contribution is 2.27. The summed E-state index contributed by atoms with van der Waals surface area (Å²) in [5.74, 6) is -2.07. The van der Waals surface area contributed by atoms with Crippen molar-refractivity contribution in [3.63, 3.8) is 0 Å². The summed E-state index contributed by atoms with van der Waals surface area (Å²) >= 11 is 0. The fourth-order valence-corrected chi connectivity index (χ4v) is 1.95. The third-order valence-electron chi connectivity index (χ3n) is 3.04. The summed E-state index contributed by atoms with van der Waals surface area (Å²) in [6, 6.07) is 3.19. The van der Waals surface area contributed by atoms with Crippen LogP contribution < -0.4 is 5.32 Å². The largest absolute Gasteiger partial charge is 0.396 e. The minimum atomic E-state index is -0.781. The number of aromatic amines is 1. The summed E-state index contributed by atoms with van der Waals surface area (Å²) in [7, 11) is 0. The van der Waals surface area contributed by atoms with E-state index in [1.165, 1.54) is 12.3 Å². The normalized spacial score (nSPS) is 12.2. The zero-order valence-corrected chi connectivity index (χ0v) is 11.4. The number of hydrogen-bond acceptors (Lipinski definition) is 3. The maximum atomic E-state index is 13.8. The van der Waals surface area contributed by atoms with E-state index in [1.807, 2.05) is 0 Å². The Morgan fingerprint density at radius 2 is 2.10 bits per heavy atom. The molecule has 0 bridgehead atoms. The first kappa shape index (κ1) is 15.1. The van der Waals surface area contributed by atoms with Crippen LogP contribution >= 0.6 is 0 Å². The Morgan fingerprint density at radius 3 is 2.71 bits per heavy atom. The molecule has 0 aliphatic rings. The Balaban J connectivity index is 2.33. The predicted octanol–water partition coefficient (Wildman–Crippen LogP) is 1.86. The topological polar surface area (TPSA) is 78.0 Å². The summed E-state index contributed by atoms with van der Waals surface area (Å²) < 4.78 is 27.6. The molecule has 1 atom stereocenters. The van der Waals surface area contributed by atoms with E-state index >= 15 is 0 Å². The maximum absolute atomic E-state index is 13.8. The van der Waals surface area contributed by atoms with Gasteiger partial charge in [-0.15, -0.1) is 0 Å². The summed E-state index contributed by atoms with van der Waals surface area (Å²) in [5.41, 5.74) is -0.293. The minimum Gasteiger partial charge on any atom is -0.396 e. The molecule has 0 saturated carbocycles. The van der Waals surface area contributed by atoms with Gasteiger partial charge in [0.1, 0.15) is 11.6 Å². The molecule has 21 heavy (non-hydrogen) atoms. The van der Waals surface area contributed by atoms with Crippen LogP contribution in [0.5, 0.6) is 0 Å². The zero-order valence-electron chi connectivity index (χ0n) is 11.4. The van der Waals surface area contributed by atoms with Crippen LogP contribution in [0.1, 0.15) is 23.7 Å². The van der Waals surface area contributed by atoms with Crippen molar-refractivity contribution in [3.05, 3.63) is 41.6 Å². The van der Waals surface area contributed by atoms with E-state index in [0.29, 0.717) is 6.42 Å². The lowest BCUT2D eigenvalue weighted by atomic mass is 10.1. The molecule has 3 N–H and O–H groups in total. The Morgan fingerprint density at radius 1 is 1.43 bits per heavy atom. The van der Waals surface area contributed by atoms with Gasteiger partial charge in [0.25, 0.3) is 5.91 Å². The second kappa shape index (κ2) is 6.45. The fraction of sp³-hybridized carbons (Fsp3) is 0.286. The van der Waals surface area contributed by atoms with Gasteiger partial charge in [0.2, 0.25) is 0 Å². The predicted molar refractivity (Wildman–Crippen MR) is 72.6 cm³/mol. The van der Waals surface area contributed by atoms with Gasteiger partial charge in [-0.25, -0.2) is 8.78 Å². The van der Waals surface area contributed by atoms with Crippen LogP contribution in [0.15, 0.2) is 24.4 Å². The van der Waals surface area contributed by atoms with E-state index in [9.17, 15) is 13.6 Å². The third-order valence-corrected chi connectivity index (χ3v) is 3.04. The minimum absolute atomic E-state index is 0.0145. The Hall–Kier alpha value is -2.28. The molecule has 2 rings (SSSR count). The van der Waals surface area contributed by atoms with Crippen LogP contribution in [0.25, 0.3) is 11.3 Å². The molecule has 0 spiro atoms. The summed E-state index contributed by atoms with van der Waals surface area (Å²) in [6.45, 7) is 1.65. The highest BCUT2D eigenvalue weighted by Gasteiger charge is 2.21. The lowest BCUT2D eigenvalue weighted by molar-refractivity contribution is 0.0935. The van der Waals surface area contributed by atoms with Crippen LogP contribution in [0, 0.1) is 11.6 Å². The molecule has 0 saturated heterocycles. The number of carbonyl (C=O) groups excluding carboxylic acids is 1. The molecule has 112 valence electrons. The molecule has 0 radical (unpaired) electrons. The van der Waals surface area contributed by atoms with Crippen molar-refractivity contribution in [2.75, 3.05) is 6.61 Å². The number of amides is 1. The van der Waals surface area contributed by atoms with Crippen molar-refractivity contribution >= 4 is 5.91 Å². The van der Waals surface area contributed by atoms with Crippen molar-refractivity contribution in [2.24, 2.45) is 0 Å². The molecular formula is C14H15F2N3O2. The van der Waals surface area contributed by atoms with Crippen molar-refractivity contribution in [2.45, 2.75) is 19.4 Å². The number of nitrogens with one attached hydrogen (secondary N) is 2. The summed E-state index contributed by atoms with van der Waals surface area (Å²) in [6.07, 6.45) is 1.59. The van der Waals surface area contributed by atoms with Gasteiger partial charge < -0.3 is 10.4 Å². The van der Waals surface area contributed by atoms with Gasteiger partial charge in [-0.05, 0) is 25.5 Å². The highest BCUT2D eigenvalue weighted by molar-refractivity contribution is 5.99. The highest BCUT2D eigenvalue weighted by atomic mass is 19.1. The SMILES string of the molecule is CC(CCO)NC(=O)c1cn[nH]c1-c1c(F)cccc1F. The Bertz CT molecular complexity index is 623. The van der Waals surface area contributed by atoms with Gasteiger partial charge in [0, 0.05) is 12.6 Å². The average molecular weight is 295 g/mol. The number of benzene rings is 1. The van der Waals surface area contributed by atoms with Crippen molar-refractivity contribution in [1.82, 2.24) is 15.5 Å². The van der Waals surface area contributed by atoms with Gasteiger partial charge in [0.05, 0.1) is 23.0 Å². The van der Waals surface area contributed by atoms with Crippen LogP contribution in [0.2, 0.25) is 0 Å². The second-order valence-corrected chi connectivity index (χ2v) is 4.64. The van der Waals surface area contributed by atoms with E-state index in [2.05, 4.69) is 15.5 Å². The first-order valence-corrected chi connectivity index (χ1v) is 6.44. The number of carbonyl (C=O) groups is 1. The number of aromatic nitrogens is 2. The summed E-state index contributed by atoms with van der Waals surface area (Å²) in [5, 5.41) is 17.6. The number of rotatable bonds is 5. The van der Waals surface area contributed by atoms with Gasteiger partial charge >= 0.3 is 0 Å². The number of H-pyrrole nitrogens is 1.